The quantitative estimate of drug-likeness (QED) is 0.939. The lowest BCUT2D eigenvalue weighted by atomic mass is 10.1. The fraction of sp³-hybridized carbons (Fsp3) is 0.125. The molecule has 0 radical (unpaired) electrons. The Morgan fingerprint density at radius 3 is 2.19 bits per heavy atom. The van der Waals surface area contributed by atoms with Crippen LogP contribution in [-0.2, 0) is 0 Å². The Kier molecular flexibility index (Phi) is 4.33. The van der Waals surface area contributed by atoms with Crippen LogP contribution in [0.4, 0.5) is 10.1 Å². The summed E-state index contributed by atoms with van der Waals surface area (Å²) in [6.45, 7) is 1.93. The fourth-order valence-electron chi connectivity index (χ4n) is 2.10. The summed E-state index contributed by atoms with van der Waals surface area (Å²) < 4.78 is 13.9. The van der Waals surface area contributed by atoms with Gasteiger partial charge in [-0.1, -0.05) is 24.3 Å². The van der Waals surface area contributed by atoms with Crippen molar-refractivity contribution in [2.24, 2.45) is 0 Å². The molecular weight excluding hydrogens is 273 g/mol. The van der Waals surface area contributed by atoms with E-state index >= 15 is 0 Å². The van der Waals surface area contributed by atoms with E-state index in [1.54, 1.807) is 25.1 Å². The summed E-state index contributed by atoms with van der Waals surface area (Å²) in [6.07, 6.45) is 0. The van der Waals surface area contributed by atoms with E-state index in [4.69, 9.17) is 5.11 Å². The maximum atomic E-state index is 13.9. The Morgan fingerprint density at radius 1 is 1.05 bits per heavy atom. The molecule has 108 valence electrons. The zero-order valence-electron chi connectivity index (χ0n) is 11.4. The van der Waals surface area contributed by atoms with Crippen LogP contribution >= 0.6 is 0 Å². The number of anilines is 1. The van der Waals surface area contributed by atoms with Gasteiger partial charge in [-0.3, -0.25) is 4.79 Å². The molecule has 0 bridgehead atoms. The van der Waals surface area contributed by atoms with Crippen LogP contribution in [0.2, 0.25) is 0 Å². The zero-order chi connectivity index (χ0) is 15.4. The van der Waals surface area contributed by atoms with Crippen LogP contribution in [-0.4, -0.2) is 23.5 Å². The first-order valence-electron chi connectivity index (χ1n) is 6.45. The minimum Gasteiger partial charge on any atom is -0.478 e. The van der Waals surface area contributed by atoms with Crippen molar-refractivity contribution in [3.05, 3.63) is 65.5 Å². The number of hydrogen-bond acceptors (Lipinski definition) is 2. The van der Waals surface area contributed by atoms with Crippen LogP contribution in [0, 0.1) is 5.82 Å². The van der Waals surface area contributed by atoms with Crippen LogP contribution in [0.1, 0.15) is 27.6 Å². The highest BCUT2D eigenvalue weighted by Crippen LogP contribution is 2.22. The number of hydrogen-bond donors (Lipinski definition) is 1. The van der Waals surface area contributed by atoms with Gasteiger partial charge < -0.3 is 10.0 Å². The van der Waals surface area contributed by atoms with Gasteiger partial charge in [0.25, 0.3) is 5.91 Å². The third kappa shape index (κ3) is 2.91. The largest absolute Gasteiger partial charge is 0.478 e. The molecule has 1 amide bonds. The zero-order valence-corrected chi connectivity index (χ0v) is 11.4. The first kappa shape index (κ1) is 14.7. The second-order valence-corrected chi connectivity index (χ2v) is 4.35. The number of aromatic carboxylic acids is 1. The number of benzene rings is 2. The highest BCUT2D eigenvalue weighted by molar-refractivity contribution is 6.11. The Balaban J connectivity index is 2.47. The molecular formula is C16H14FNO3. The van der Waals surface area contributed by atoms with Gasteiger partial charge in [-0.2, -0.15) is 0 Å². The van der Waals surface area contributed by atoms with Crippen LogP contribution in [0.5, 0.6) is 0 Å². The Hall–Kier alpha value is -2.69. The highest BCUT2D eigenvalue weighted by atomic mass is 19.1. The number of rotatable bonds is 4. The van der Waals surface area contributed by atoms with Crippen molar-refractivity contribution in [2.75, 3.05) is 11.4 Å². The molecule has 2 rings (SSSR count). The molecule has 2 aromatic carbocycles. The van der Waals surface area contributed by atoms with Crippen LogP contribution in [0.15, 0.2) is 48.5 Å². The molecule has 0 aliphatic rings. The van der Waals surface area contributed by atoms with Gasteiger partial charge in [0, 0.05) is 6.54 Å². The summed E-state index contributed by atoms with van der Waals surface area (Å²) >= 11 is 0. The second-order valence-electron chi connectivity index (χ2n) is 4.35. The molecule has 0 saturated heterocycles. The van der Waals surface area contributed by atoms with E-state index in [0.29, 0.717) is 0 Å². The van der Waals surface area contributed by atoms with E-state index in [1.807, 2.05) is 0 Å². The lowest BCUT2D eigenvalue weighted by molar-refractivity contribution is 0.0692. The van der Waals surface area contributed by atoms with Crippen molar-refractivity contribution in [2.45, 2.75) is 6.92 Å². The molecule has 0 saturated carbocycles. The topological polar surface area (TPSA) is 57.6 Å². The fourth-order valence-corrected chi connectivity index (χ4v) is 2.10. The molecule has 2 aromatic rings. The maximum absolute atomic E-state index is 13.9. The van der Waals surface area contributed by atoms with Crippen LogP contribution in [0.25, 0.3) is 0 Å². The van der Waals surface area contributed by atoms with Gasteiger partial charge in [-0.05, 0) is 31.2 Å². The van der Waals surface area contributed by atoms with Crippen molar-refractivity contribution in [1.29, 1.82) is 0 Å². The van der Waals surface area contributed by atoms with Gasteiger partial charge in [-0.25, -0.2) is 9.18 Å². The van der Waals surface area contributed by atoms with E-state index in [1.165, 1.54) is 35.2 Å². The van der Waals surface area contributed by atoms with Gasteiger partial charge in [0.2, 0.25) is 0 Å². The molecule has 0 heterocycles. The third-order valence-corrected chi connectivity index (χ3v) is 3.09. The van der Waals surface area contributed by atoms with Crippen LogP contribution < -0.4 is 4.90 Å². The smallest absolute Gasteiger partial charge is 0.336 e. The number of carboxylic acid groups (broad SMARTS) is 1. The molecule has 0 aliphatic carbocycles. The number of halogens is 1. The standard InChI is InChI=1S/C16H14FNO3/c1-2-18(14-10-6-5-9-13(14)17)15(19)11-7-3-4-8-12(11)16(20)21/h3-10H,2H2,1H3,(H,20,21). The predicted octanol–water partition coefficient (Wildman–Crippen LogP) is 3.19. The van der Waals surface area contributed by atoms with Crippen molar-refractivity contribution in [3.63, 3.8) is 0 Å². The third-order valence-electron chi connectivity index (χ3n) is 3.09. The minimum absolute atomic E-state index is 0.0371. The normalized spacial score (nSPS) is 10.2. The lowest BCUT2D eigenvalue weighted by Crippen LogP contribution is -2.32. The van der Waals surface area contributed by atoms with Crippen LogP contribution in [0.3, 0.4) is 0 Å². The van der Waals surface area contributed by atoms with Gasteiger partial charge >= 0.3 is 5.97 Å². The van der Waals surface area contributed by atoms with Gasteiger partial charge in [0.05, 0.1) is 16.8 Å². The highest BCUT2D eigenvalue weighted by Gasteiger charge is 2.23. The van der Waals surface area contributed by atoms with E-state index in [9.17, 15) is 14.0 Å². The van der Waals surface area contributed by atoms with Gasteiger partial charge in [0.1, 0.15) is 5.82 Å². The van der Waals surface area contributed by atoms with Gasteiger partial charge in [0.15, 0.2) is 0 Å². The molecule has 0 aromatic heterocycles. The van der Waals surface area contributed by atoms with E-state index in [-0.39, 0.29) is 23.4 Å². The molecule has 0 spiro atoms. The monoisotopic (exact) mass is 287 g/mol. The minimum atomic E-state index is -1.19. The van der Waals surface area contributed by atoms with Gasteiger partial charge in [-0.15, -0.1) is 0 Å². The number of nitrogens with zero attached hydrogens (tertiary/aromatic N) is 1. The first-order chi connectivity index (χ1) is 10.1. The number of carboxylic acids is 1. The summed E-state index contributed by atoms with van der Waals surface area (Å²) in [6, 6.07) is 11.8. The van der Waals surface area contributed by atoms with Crippen molar-refractivity contribution >= 4 is 17.6 Å². The number of carbonyl (C=O) groups excluding carboxylic acids is 1. The second kappa shape index (κ2) is 6.17. The summed E-state index contributed by atoms with van der Waals surface area (Å²) in [7, 11) is 0. The molecule has 0 aliphatic heterocycles. The molecule has 5 heteroatoms. The molecule has 0 unspecified atom stereocenters. The Morgan fingerprint density at radius 2 is 1.62 bits per heavy atom. The average Bonchev–Trinajstić information content (AvgIpc) is 2.49. The Bertz CT molecular complexity index is 685. The number of para-hydroxylation sites is 1. The number of amides is 1. The summed E-state index contributed by atoms with van der Waals surface area (Å²) in [5.74, 6) is -2.26. The maximum Gasteiger partial charge on any atom is 0.336 e. The summed E-state index contributed by atoms with van der Waals surface area (Å²) in [5.41, 5.74) is 0.0672. The van der Waals surface area contributed by atoms with Crippen molar-refractivity contribution in [1.82, 2.24) is 0 Å². The Labute approximate surface area is 121 Å². The molecule has 0 fully saturated rings. The molecule has 1 N–H and O–H groups in total. The molecule has 4 nitrogen and oxygen atoms in total. The molecule has 21 heavy (non-hydrogen) atoms. The van der Waals surface area contributed by atoms with E-state index in [0.717, 1.165) is 0 Å². The van der Waals surface area contributed by atoms with E-state index in [2.05, 4.69) is 0 Å². The molecule has 0 atom stereocenters. The van der Waals surface area contributed by atoms with E-state index < -0.39 is 17.7 Å². The first-order valence-corrected chi connectivity index (χ1v) is 6.45. The van der Waals surface area contributed by atoms with Crippen molar-refractivity contribution in [3.8, 4) is 0 Å². The average molecular weight is 287 g/mol. The lowest BCUT2D eigenvalue weighted by Gasteiger charge is -2.22. The number of carbonyl (C=O) groups is 2. The van der Waals surface area contributed by atoms with Crippen molar-refractivity contribution < 1.29 is 19.1 Å². The summed E-state index contributed by atoms with van der Waals surface area (Å²) in [4.78, 5) is 25.0. The summed E-state index contributed by atoms with van der Waals surface area (Å²) in [5, 5.41) is 9.15. The SMILES string of the molecule is CCN(C(=O)c1ccccc1C(=O)O)c1ccccc1F. The predicted molar refractivity (Wildman–Crippen MR) is 77.2 cm³/mol.